The van der Waals surface area contributed by atoms with E-state index in [1.54, 1.807) is 0 Å². The molecule has 1 aliphatic rings. The lowest BCUT2D eigenvalue weighted by Crippen LogP contribution is -2.36. The van der Waals surface area contributed by atoms with Gasteiger partial charge in [-0.05, 0) is 35.4 Å². The van der Waals surface area contributed by atoms with Gasteiger partial charge in [0.05, 0.1) is 24.5 Å². The third-order valence-electron chi connectivity index (χ3n) is 4.89. The maximum Gasteiger partial charge on any atom is 0.221 e. The second-order valence-electron chi connectivity index (χ2n) is 7.12. The van der Waals surface area contributed by atoms with Gasteiger partial charge in [-0.3, -0.25) is 4.79 Å². The number of nitrogens with zero attached hydrogens (tertiary/aromatic N) is 2. The van der Waals surface area contributed by atoms with Crippen LogP contribution in [0.25, 0.3) is 11.3 Å². The van der Waals surface area contributed by atoms with Crippen LogP contribution in [0.5, 0.6) is 0 Å². The van der Waals surface area contributed by atoms with Gasteiger partial charge < -0.3 is 19.9 Å². The van der Waals surface area contributed by atoms with Crippen molar-refractivity contribution in [3.63, 3.8) is 0 Å². The number of anilines is 1. The second-order valence-corrected chi connectivity index (χ2v) is 7.56. The Balaban J connectivity index is 1.34. The lowest BCUT2D eigenvalue weighted by atomic mass is 10.1. The number of aromatic nitrogens is 2. The number of carbonyl (C=O) groups excluding carboxylic acids is 1. The number of imidazole rings is 1. The van der Waals surface area contributed by atoms with E-state index in [1.807, 2.05) is 54.7 Å². The molecule has 2 aromatic carbocycles. The first-order valence-electron chi connectivity index (χ1n) is 9.57. The zero-order valence-electron chi connectivity index (χ0n) is 16.2. The van der Waals surface area contributed by atoms with Gasteiger partial charge in [0, 0.05) is 30.7 Å². The number of ether oxygens (including phenoxy) is 1. The molecule has 0 fully saturated rings. The number of halogens is 1. The molecule has 3 aromatic rings. The third-order valence-corrected chi connectivity index (χ3v) is 5.14. The quantitative estimate of drug-likeness (QED) is 0.647. The van der Waals surface area contributed by atoms with Crippen LogP contribution in [-0.4, -0.2) is 28.1 Å². The number of rotatable bonds is 6. The van der Waals surface area contributed by atoms with Crippen molar-refractivity contribution < 1.29 is 9.53 Å². The van der Waals surface area contributed by atoms with E-state index in [0.717, 1.165) is 53.0 Å². The van der Waals surface area contributed by atoms with Gasteiger partial charge in [-0.25, -0.2) is 4.98 Å². The van der Waals surface area contributed by atoms with Crippen molar-refractivity contribution in [1.82, 2.24) is 14.9 Å². The highest BCUT2D eigenvalue weighted by Crippen LogP contribution is 2.26. The molecule has 0 saturated heterocycles. The molecule has 1 aliphatic heterocycles. The molecule has 29 heavy (non-hydrogen) atoms. The van der Waals surface area contributed by atoms with Crippen LogP contribution in [0.3, 0.4) is 0 Å². The van der Waals surface area contributed by atoms with Gasteiger partial charge in [0.25, 0.3) is 0 Å². The summed E-state index contributed by atoms with van der Waals surface area (Å²) in [6.45, 7) is 4.24. The van der Waals surface area contributed by atoms with Crippen molar-refractivity contribution in [3.8, 4) is 11.3 Å². The minimum Gasteiger partial charge on any atom is -0.367 e. The maximum atomic E-state index is 11.1. The molecule has 0 spiro atoms. The van der Waals surface area contributed by atoms with Crippen molar-refractivity contribution in [2.24, 2.45) is 0 Å². The van der Waals surface area contributed by atoms with Crippen LogP contribution in [0, 0.1) is 0 Å². The molecule has 0 aliphatic carbocycles. The van der Waals surface area contributed by atoms with E-state index >= 15 is 0 Å². The summed E-state index contributed by atoms with van der Waals surface area (Å²) in [6.07, 6.45) is 1.97. The summed E-state index contributed by atoms with van der Waals surface area (Å²) < 4.78 is 8.18. The summed E-state index contributed by atoms with van der Waals surface area (Å²) in [5.41, 5.74) is 4.14. The van der Waals surface area contributed by atoms with E-state index in [1.165, 1.54) is 6.92 Å². The number of benzene rings is 2. The predicted octanol–water partition coefficient (Wildman–Crippen LogP) is 3.85. The first-order valence-corrected chi connectivity index (χ1v) is 9.95. The van der Waals surface area contributed by atoms with Crippen LogP contribution in [0.4, 0.5) is 5.69 Å². The van der Waals surface area contributed by atoms with Gasteiger partial charge in [0.2, 0.25) is 5.91 Å². The minimum absolute atomic E-state index is 0.0674. The SMILES string of the molecule is CC(=O)Nc1ccc(CNCC2Cn3c(-c4ccc(Cl)cc4)cnc3CO2)cc1. The second kappa shape index (κ2) is 8.78. The highest BCUT2D eigenvalue weighted by atomic mass is 35.5. The van der Waals surface area contributed by atoms with Gasteiger partial charge in [-0.1, -0.05) is 35.9 Å². The van der Waals surface area contributed by atoms with Crippen molar-refractivity contribution in [3.05, 3.63) is 71.1 Å². The lowest BCUT2D eigenvalue weighted by Gasteiger charge is -2.26. The van der Waals surface area contributed by atoms with Crippen molar-refractivity contribution in [2.75, 3.05) is 11.9 Å². The van der Waals surface area contributed by atoms with E-state index < -0.39 is 0 Å². The summed E-state index contributed by atoms with van der Waals surface area (Å²) in [6, 6.07) is 15.6. The summed E-state index contributed by atoms with van der Waals surface area (Å²) in [5, 5.41) is 6.96. The summed E-state index contributed by atoms with van der Waals surface area (Å²) in [4.78, 5) is 15.6. The zero-order valence-corrected chi connectivity index (χ0v) is 16.9. The molecule has 0 saturated carbocycles. The molecule has 0 radical (unpaired) electrons. The first kappa shape index (κ1) is 19.6. The van der Waals surface area contributed by atoms with Gasteiger partial charge in [0.1, 0.15) is 12.4 Å². The molecule has 0 bridgehead atoms. The van der Waals surface area contributed by atoms with E-state index in [2.05, 4.69) is 20.2 Å². The molecule has 6 nitrogen and oxygen atoms in total. The fourth-order valence-corrected chi connectivity index (χ4v) is 3.57. The highest BCUT2D eigenvalue weighted by molar-refractivity contribution is 6.30. The van der Waals surface area contributed by atoms with Crippen LogP contribution in [0.2, 0.25) is 5.02 Å². The van der Waals surface area contributed by atoms with Crippen molar-refractivity contribution in [2.45, 2.75) is 32.7 Å². The molecule has 2 heterocycles. The molecule has 1 unspecified atom stereocenters. The Hall–Kier alpha value is -2.67. The average Bonchev–Trinajstić information content (AvgIpc) is 3.13. The van der Waals surface area contributed by atoms with E-state index in [9.17, 15) is 4.79 Å². The molecule has 150 valence electrons. The molecule has 1 aromatic heterocycles. The Labute approximate surface area is 174 Å². The number of amides is 1. The topological polar surface area (TPSA) is 68.2 Å². The number of hydrogen-bond donors (Lipinski definition) is 2. The molecule has 7 heteroatoms. The zero-order chi connectivity index (χ0) is 20.2. The molecule has 2 N–H and O–H groups in total. The number of fused-ring (bicyclic) bond motifs is 1. The number of hydrogen-bond acceptors (Lipinski definition) is 4. The van der Waals surface area contributed by atoms with Gasteiger partial charge in [-0.2, -0.15) is 0 Å². The Morgan fingerprint density at radius 1 is 1.21 bits per heavy atom. The average molecular weight is 411 g/mol. The monoisotopic (exact) mass is 410 g/mol. The lowest BCUT2D eigenvalue weighted by molar-refractivity contribution is -0.114. The van der Waals surface area contributed by atoms with E-state index in [0.29, 0.717) is 6.61 Å². The van der Waals surface area contributed by atoms with E-state index in [4.69, 9.17) is 16.3 Å². The Bertz CT molecular complexity index is 983. The predicted molar refractivity (Wildman–Crippen MR) is 114 cm³/mol. The Morgan fingerprint density at radius 2 is 1.97 bits per heavy atom. The van der Waals surface area contributed by atoms with Crippen LogP contribution >= 0.6 is 11.6 Å². The minimum atomic E-state index is -0.0674. The summed E-state index contributed by atoms with van der Waals surface area (Å²) in [7, 11) is 0. The van der Waals surface area contributed by atoms with Crippen LogP contribution in [0.15, 0.2) is 54.7 Å². The Kier molecular flexibility index (Phi) is 5.94. The van der Waals surface area contributed by atoms with Crippen LogP contribution in [0.1, 0.15) is 18.3 Å². The normalized spacial score (nSPS) is 15.7. The summed E-state index contributed by atoms with van der Waals surface area (Å²) in [5.74, 6) is 0.877. The first-order chi connectivity index (χ1) is 14.1. The molecule has 4 rings (SSSR count). The van der Waals surface area contributed by atoms with Crippen LogP contribution in [-0.2, 0) is 29.2 Å². The fraction of sp³-hybridized carbons (Fsp3) is 0.273. The number of carbonyl (C=O) groups is 1. The third kappa shape index (κ3) is 4.85. The highest BCUT2D eigenvalue weighted by Gasteiger charge is 2.22. The van der Waals surface area contributed by atoms with Crippen LogP contribution < -0.4 is 10.6 Å². The standard InChI is InChI=1S/C22H23ClN4O2/c1-15(28)26-19-8-2-16(3-9-19)10-24-11-20-13-27-21(12-25-22(27)14-29-20)17-4-6-18(23)7-5-17/h2-9,12,20,24H,10-11,13-14H2,1H3,(H,26,28). The molecule has 1 amide bonds. The molecular weight excluding hydrogens is 388 g/mol. The van der Waals surface area contributed by atoms with Gasteiger partial charge in [0.15, 0.2) is 0 Å². The number of nitrogens with one attached hydrogen (secondary N) is 2. The fourth-order valence-electron chi connectivity index (χ4n) is 3.44. The largest absolute Gasteiger partial charge is 0.367 e. The van der Waals surface area contributed by atoms with Gasteiger partial charge >= 0.3 is 0 Å². The van der Waals surface area contributed by atoms with Gasteiger partial charge in [-0.15, -0.1) is 0 Å². The summed E-state index contributed by atoms with van der Waals surface area (Å²) >= 11 is 6.01. The van der Waals surface area contributed by atoms with Crippen molar-refractivity contribution >= 4 is 23.2 Å². The molecule has 1 atom stereocenters. The Morgan fingerprint density at radius 3 is 2.69 bits per heavy atom. The van der Waals surface area contributed by atoms with Crippen molar-refractivity contribution in [1.29, 1.82) is 0 Å². The molecular formula is C22H23ClN4O2. The van der Waals surface area contributed by atoms with E-state index in [-0.39, 0.29) is 12.0 Å². The maximum absolute atomic E-state index is 11.1. The smallest absolute Gasteiger partial charge is 0.221 e.